The van der Waals surface area contributed by atoms with Crippen LogP contribution in [0.15, 0.2) is 0 Å². The van der Waals surface area contributed by atoms with Gasteiger partial charge in [-0.1, -0.05) is 79.1 Å². The summed E-state index contributed by atoms with van der Waals surface area (Å²) >= 11 is 9.40. The van der Waals surface area contributed by atoms with Crippen molar-refractivity contribution < 1.29 is 19.8 Å². The van der Waals surface area contributed by atoms with Crippen LogP contribution in [-0.4, -0.2) is 55.2 Å². The molecule has 0 aromatic rings. The molecular weight excluding hydrogens is 583 g/mol. The van der Waals surface area contributed by atoms with E-state index in [2.05, 4.69) is 59.9 Å². The predicted molar refractivity (Wildman–Crippen MR) is 162 cm³/mol. The summed E-state index contributed by atoms with van der Waals surface area (Å²) in [6.07, 6.45) is 19.2. The van der Waals surface area contributed by atoms with Gasteiger partial charge in [-0.15, -0.1) is 0 Å². The van der Waals surface area contributed by atoms with Crippen LogP contribution < -0.4 is 0 Å². The Hall–Kier alpha value is 0.439. The molecule has 4 nitrogen and oxygen atoms in total. The van der Waals surface area contributed by atoms with E-state index < -0.39 is 22.4 Å². The monoisotopic (exact) mass is 642 g/mol. The average molecular weight is 642 g/mol. The molecule has 35 heavy (non-hydrogen) atoms. The Kier molecular flexibility index (Phi) is 35.0. The quantitative estimate of drug-likeness (QED) is 0.0610. The number of hydrogen-bond donors (Lipinski definition) is 4. The summed E-state index contributed by atoms with van der Waals surface area (Å²) in [5, 5.41) is 16.2. The molecule has 2 radical (unpaired) electrons. The van der Waals surface area contributed by atoms with Gasteiger partial charge in [-0.2, -0.15) is 25.3 Å². The van der Waals surface area contributed by atoms with Crippen molar-refractivity contribution in [3.63, 3.8) is 0 Å². The van der Waals surface area contributed by atoms with E-state index in [0.29, 0.717) is 12.8 Å². The van der Waals surface area contributed by atoms with Crippen LogP contribution in [-0.2, 0) is 9.59 Å². The number of carboxylic acids is 2. The molecule has 0 spiro atoms. The standard InChI is InChI=1S/2C10H20O2S.C8H17.Sn.H/c2*1-8(2)6-4-3-5-7-9(13)10(11)12;1-3-5-7-8-6-4-2;;/h2*8-9,13H,3-7H2,1-2H3,(H,11,12);1,3-8H2,2H3;;. The van der Waals surface area contributed by atoms with Crippen LogP contribution in [0, 0.1) is 11.8 Å². The van der Waals surface area contributed by atoms with E-state index in [-0.39, 0.29) is 0 Å². The van der Waals surface area contributed by atoms with Crippen molar-refractivity contribution in [2.75, 3.05) is 0 Å². The van der Waals surface area contributed by atoms with Crippen LogP contribution in [0.5, 0.6) is 0 Å². The Morgan fingerprint density at radius 3 is 1.23 bits per heavy atom. The molecule has 0 aromatic carbocycles. The van der Waals surface area contributed by atoms with Crippen molar-refractivity contribution in [2.24, 2.45) is 11.8 Å². The van der Waals surface area contributed by atoms with Crippen molar-refractivity contribution in [1.29, 1.82) is 0 Å². The number of rotatable bonds is 20. The van der Waals surface area contributed by atoms with E-state index >= 15 is 0 Å². The SMILES string of the molecule is CC(C)CCCCCC(S)C(=O)O.CC(C)CCCCCC(S)C(=O)O.CCCCCCC[CH2][SnH]. The fourth-order valence-electron chi connectivity index (χ4n) is 3.31. The van der Waals surface area contributed by atoms with Gasteiger partial charge in [-0.05, 0) is 24.7 Å². The van der Waals surface area contributed by atoms with Gasteiger partial charge in [0.2, 0.25) is 0 Å². The zero-order valence-electron chi connectivity index (χ0n) is 23.5. The Morgan fingerprint density at radius 2 is 0.914 bits per heavy atom. The van der Waals surface area contributed by atoms with Crippen molar-refractivity contribution in [2.45, 2.75) is 152 Å². The van der Waals surface area contributed by atoms with Crippen LogP contribution in [0.3, 0.4) is 0 Å². The first-order valence-corrected chi connectivity index (χ1v) is 17.4. The van der Waals surface area contributed by atoms with Gasteiger partial charge >= 0.3 is 84.3 Å². The number of thiol groups is 2. The van der Waals surface area contributed by atoms with Crippen LogP contribution in [0.4, 0.5) is 0 Å². The first-order valence-electron chi connectivity index (χ1n) is 14.0. The average Bonchev–Trinajstić information content (AvgIpc) is 2.78. The minimum absolute atomic E-state index is 0.473. The van der Waals surface area contributed by atoms with Gasteiger partial charge in [0.1, 0.15) is 0 Å². The van der Waals surface area contributed by atoms with Crippen molar-refractivity contribution in [3.8, 4) is 0 Å². The van der Waals surface area contributed by atoms with Crippen LogP contribution in [0.1, 0.15) is 137 Å². The first kappa shape index (κ1) is 39.9. The number of unbranched alkanes of at least 4 members (excludes halogenated alkanes) is 9. The van der Waals surface area contributed by atoms with Gasteiger partial charge < -0.3 is 10.2 Å². The molecule has 0 bridgehead atoms. The van der Waals surface area contributed by atoms with Crippen LogP contribution in [0.25, 0.3) is 0 Å². The normalized spacial score (nSPS) is 12.4. The van der Waals surface area contributed by atoms with Gasteiger partial charge in [-0.3, -0.25) is 9.59 Å². The third kappa shape index (κ3) is 39.1. The summed E-state index contributed by atoms with van der Waals surface area (Å²) < 4.78 is 1.50. The minimum atomic E-state index is -0.799. The van der Waals surface area contributed by atoms with E-state index in [9.17, 15) is 9.59 Å². The molecule has 210 valence electrons. The first-order chi connectivity index (χ1) is 16.5. The van der Waals surface area contributed by atoms with E-state index in [1.54, 1.807) is 0 Å². The van der Waals surface area contributed by atoms with E-state index in [1.807, 2.05) is 0 Å². The topological polar surface area (TPSA) is 74.6 Å². The molecule has 2 atom stereocenters. The maximum atomic E-state index is 10.4. The van der Waals surface area contributed by atoms with Gasteiger partial charge in [0.25, 0.3) is 0 Å². The second-order valence-electron chi connectivity index (χ2n) is 10.3. The van der Waals surface area contributed by atoms with Crippen molar-refractivity contribution in [1.82, 2.24) is 0 Å². The fraction of sp³-hybridized carbons (Fsp3) is 0.929. The Morgan fingerprint density at radius 1 is 0.600 bits per heavy atom. The third-order valence-corrected chi connectivity index (χ3v) is 7.77. The number of aliphatic carboxylic acids is 2. The van der Waals surface area contributed by atoms with Crippen molar-refractivity contribution >= 4 is 59.7 Å². The van der Waals surface area contributed by atoms with Crippen LogP contribution >= 0.6 is 25.3 Å². The molecule has 0 aromatic heterocycles. The zero-order chi connectivity index (χ0) is 27.5. The molecule has 0 aliphatic carbocycles. The molecule has 0 aliphatic rings. The van der Waals surface area contributed by atoms with E-state index in [1.165, 1.54) is 91.2 Å². The summed E-state index contributed by atoms with van der Waals surface area (Å²) in [6.45, 7) is 11.1. The molecule has 0 heterocycles. The number of carboxylic acid groups (broad SMARTS) is 2. The molecule has 0 fully saturated rings. The Labute approximate surface area is 242 Å². The van der Waals surface area contributed by atoms with Crippen LogP contribution in [0.2, 0.25) is 4.44 Å². The summed E-state index contributed by atoms with van der Waals surface area (Å²) in [4.78, 5) is 20.8. The molecule has 2 N–H and O–H groups in total. The fourth-order valence-corrected chi connectivity index (χ4v) is 4.49. The van der Waals surface area contributed by atoms with Gasteiger partial charge in [0.15, 0.2) is 0 Å². The Bertz CT molecular complexity index is 422. The number of hydrogen-bond acceptors (Lipinski definition) is 4. The molecule has 0 amide bonds. The molecule has 0 saturated carbocycles. The number of carbonyl (C=O) groups is 2. The predicted octanol–water partition coefficient (Wildman–Crippen LogP) is 8.62. The molecule has 0 saturated heterocycles. The third-order valence-electron chi connectivity index (χ3n) is 5.65. The Balaban J connectivity index is -0.000000448. The summed E-state index contributed by atoms with van der Waals surface area (Å²) in [5.74, 6) is -0.0862. The van der Waals surface area contributed by atoms with E-state index in [0.717, 1.165) is 37.5 Å². The van der Waals surface area contributed by atoms with Crippen molar-refractivity contribution in [3.05, 3.63) is 0 Å². The maximum absolute atomic E-state index is 10.4. The van der Waals surface area contributed by atoms with Gasteiger partial charge in [0.05, 0.1) is 10.5 Å². The van der Waals surface area contributed by atoms with Gasteiger partial charge in [0, 0.05) is 0 Å². The second-order valence-corrected chi connectivity index (χ2v) is 13.2. The molecule has 7 heteroatoms. The molecule has 0 aliphatic heterocycles. The molecule has 0 rings (SSSR count). The molecule has 2 unspecified atom stereocenters. The zero-order valence-corrected chi connectivity index (χ0v) is 28.6. The molecular formula is C28H58O4S2Sn. The summed E-state index contributed by atoms with van der Waals surface area (Å²) in [6, 6.07) is 0. The second kappa shape index (κ2) is 30.7. The van der Waals surface area contributed by atoms with E-state index in [4.69, 9.17) is 10.2 Å². The van der Waals surface area contributed by atoms with Gasteiger partial charge in [-0.25, -0.2) is 0 Å². The summed E-state index contributed by atoms with van der Waals surface area (Å²) in [7, 11) is 0. The summed E-state index contributed by atoms with van der Waals surface area (Å²) in [5.41, 5.74) is 0.